The topological polar surface area (TPSA) is 36.3 Å². The summed E-state index contributed by atoms with van der Waals surface area (Å²) in [6, 6.07) is 4.11. The lowest BCUT2D eigenvalue weighted by Gasteiger charge is -2.32. The maximum absolute atomic E-state index is 6.10. The van der Waals surface area contributed by atoms with Crippen LogP contribution >= 0.6 is 0 Å². The smallest absolute Gasteiger partial charge is 0.398 e. The second-order valence-corrected chi connectivity index (χ2v) is 6.15. The Balaban J connectivity index is 2.05. The van der Waals surface area contributed by atoms with Crippen molar-refractivity contribution in [3.8, 4) is 0 Å². The van der Waals surface area contributed by atoms with Crippen molar-refractivity contribution in [3.05, 3.63) is 24.5 Å². The lowest BCUT2D eigenvalue weighted by molar-refractivity contribution is 0.00578. The highest BCUT2D eigenvalue weighted by Crippen LogP contribution is 2.36. The van der Waals surface area contributed by atoms with Gasteiger partial charge in [-0.2, -0.15) is 0 Å². The van der Waals surface area contributed by atoms with E-state index in [9.17, 15) is 0 Å². The van der Waals surface area contributed by atoms with Crippen molar-refractivity contribution < 1.29 is 9.31 Å². The molecular weight excluding hydrogens is 239 g/mol. The molecule has 4 nitrogen and oxygen atoms in total. The number of aromatic nitrogens is 2. The van der Waals surface area contributed by atoms with E-state index in [0.717, 1.165) is 16.5 Å². The number of aryl methyl sites for hydroxylation is 1. The Morgan fingerprint density at radius 3 is 2.37 bits per heavy atom. The standard InChI is InChI=1S/C14H19BN2O2/c1-13(2)14(3,4)19-15(18-13)12-8-10-6-7-16-9-11(10)17(12)5/h6-9H,1-5H3. The number of hydrogen-bond donors (Lipinski definition) is 0. The quantitative estimate of drug-likeness (QED) is 0.733. The summed E-state index contributed by atoms with van der Waals surface area (Å²) in [7, 11) is 1.69. The average Bonchev–Trinajstić information content (AvgIpc) is 2.76. The van der Waals surface area contributed by atoms with E-state index in [0.29, 0.717) is 0 Å². The third-order valence-electron chi connectivity index (χ3n) is 4.38. The van der Waals surface area contributed by atoms with Crippen molar-refractivity contribution in [2.45, 2.75) is 38.9 Å². The molecule has 0 amide bonds. The van der Waals surface area contributed by atoms with Crippen LogP contribution in [0.4, 0.5) is 0 Å². The van der Waals surface area contributed by atoms with Gasteiger partial charge in [0.1, 0.15) is 0 Å². The SMILES string of the molecule is Cn1c(B2OC(C)(C)C(C)(C)O2)cc2ccncc21. The zero-order valence-corrected chi connectivity index (χ0v) is 12.1. The van der Waals surface area contributed by atoms with Crippen LogP contribution in [-0.4, -0.2) is 27.9 Å². The Hall–Kier alpha value is -1.33. The van der Waals surface area contributed by atoms with E-state index in [1.165, 1.54) is 0 Å². The minimum Gasteiger partial charge on any atom is -0.398 e. The molecule has 0 N–H and O–H groups in total. The Morgan fingerprint density at radius 1 is 1.16 bits per heavy atom. The van der Waals surface area contributed by atoms with Crippen LogP contribution in [0.5, 0.6) is 0 Å². The Bertz CT molecular complexity index is 617. The molecule has 0 spiro atoms. The molecule has 0 saturated carbocycles. The van der Waals surface area contributed by atoms with E-state index in [4.69, 9.17) is 9.31 Å². The normalized spacial score (nSPS) is 21.2. The van der Waals surface area contributed by atoms with Crippen LogP contribution in [0.3, 0.4) is 0 Å². The number of hydrogen-bond acceptors (Lipinski definition) is 3. The summed E-state index contributed by atoms with van der Waals surface area (Å²) in [5.74, 6) is 0. The van der Waals surface area contributed by atoms with Crippen LogP contribution in [-0.2, 0) is 16.4 Å². The second kappa shape index (κ2) is 3.84. The van der Waals surface area contributed by atoms with Gasteiger partial charge >= 0.3 is 7.12 Å². The van der Waals surface area contributed by atoms with Crippen LogP contribution < -0.4 is 5.59 Å². The minimum atomic E-state index is -0.331. The Morgan fingerprint density at radius 2 is 1.79 bits per heavy atom. The van der Waals surface area contributed by atoms with Crippen molar-refractivity contribution >= 4 is 23.6 Å². The maximum atomic E-state index is 6.10. The molecule has 1 aliphatic rings. The second-order valence-electron chi connectivity index (χ2n) is 6.15. The third-order valence-corrected chi connectivity index (χ3v) is 4.38. The molecule has 0 aliphatic carbocycles. The van der Waals surface area contributed by atoms with Gasteiger partial charge in [0.05, 0.1) is 22.9 Å². The Kier molecular flexibility index (Phi) is 2.56. The summed E-state index contributed by atoms with van der Waals surface area (Å²) >= 11 is 0. The zero-order valence-electron chi connectivity index (χ0n) is 12.1. The van der Waals surface area contributed by atoms with E-state index in [1.807, 2.05) is 19.3 Å². The summed E-state index contributed by atoms with van der Waals surface area (Å²) in [6.45, 7) is 8.27. The van der Waals surface area contributed by atoms with Crippen LogP contribution in [0.1, 0.15) is 27.7 Å². The fraction of sp³-hybridized carbons (Fsp3) is 0.500. The molecule has 0 radical (unpaired) electrons. The molecular formula is C14H19BN2O2. The number of nitrogens with zero attached hydrogens (tertiary/aromatic N) is 2. The van der Waals surface area contributed by atoms with E-state index >= 15 is 0 Å². The van der Waals surface area contributed by atoms with Gasteiger partial charge in [-0.25, -0.2) is 0 Å². The number of pyridine rings is 1. The first-order valence-electron chi connectivity index (χ1n) is 6.57. The third kappa shape index (κ3) is 1.80. The predicted octanol–water partition coefficient (Wildman–Crippen LogP) is 1.87. The molecule has 0 atom stereocenters. The molecule has 3 rings (SSSR count). The van der Waals surface area contributed by atoms with Gasteiger partial charge in [0.2, 0.25) is 0 Å². The molecule has 0 bridgehead atoms. The van der Waals surface area contributed by atoms with Crippen molar-refractivity contribution in [3.63, 3.8) is 0 Å². The van der Waals surface area contributed by atoms with Crippen LogP contribution in [0.15, 0.2) is 24.5 Å². The van der Waals surface area contributed by atoms with Gasteiger partial charge in [-0.1, -0.05) is 0 Å². The van der Waals surface area contributed by atoms with Crippen LogP contribution in [0.25, 0.3) is 10.9 Å². The van der Waals surface area contributed by atoms with E-state index < -0.39 is 0 Å². The van der Waals surface area contributed by atoms with E-state index in [-0.39, 0.29) is 18.3 Å². The molecule has 19 heavy (non-hydrogen) atoms. The summed E-state index contributed by atoms with van der Waals surface area (Å²) in [6.07, 6.45) is 3.67. The first-order chi connectivity index (χ1) is 8.82. The van der Waals surface area contributed by atoms with Crippen molar-refractivity contribution in [1.29, 1.82) is 0 Å². The number of fused-ring (bicyclic) bond motifs is 1. The first kappa shape index (κ1) is 12.7. The highest BCUT2D eigenvalue weighted by molar-refractivity contribution is 6.61. The Labute approximate surface area is 113 Å². The minimum absolute atomic E-state index is 0.313. The van der Waals surface area contributed by atoms with E-state index in [1.54, 1.807) is 6.20 Å². The highest BCUT2D eigenvalue weighted by Gasteiger charge is 2.52. The lowest BCUT2D eigenvalue weighted by Crippen LogP contribution is -2.41. The van der Waals surface area contributed by atoms with Gasteiger partial charge in [-0.15, -0.1) is 0 Å². The van der Waals surface area contributed by atoms with Crippen LogP contribution in [0.2, 0.25) is 0 Å². The van der Waals surface area contributed by atoms with E-state index in [2.05, 4.69) is 43.3 Å². The van der Waals surface area contributed by atoms with Crippen molar-refractivity contribution in [2.75, 3.05) is 0 Å². The molecule has 1 aliphatic heterocycles. The van der Waals surface area contributed by atoms with Gasteiger partial charge in [0, 0.05) is 24.2 Å². The zero-order chi connectivity index (χ0) is 13.8. The summed E-state index contributed by atoms with van der Waals surface area (Å²) < 4.78 is 14.3. The lowest BCUT2D eigenvalue weighted by atomic mass is 9.84. The molecule has 5 heteroatoms. The molecule has 100 valence electrons. The van der Waals surface area contributed by atoms with Crippen LogP contribution in [0, 0.1) is 0 Å². The monoisotopic (exact) mass is 258 g/mol. The molecule has 1 fully saturated rings. The molecule has 0 unspecified atom stereocenters. The molecule has 2 aromatic heterocycles. The molecule has 2 aromatic rings. The average molecular weight is 258 g/mol. The summed E-state index contributed by atoms with van der Waals surface area (Å²) in [5, 5.41) is 1.15. The molecule has 3 heterocycles. The highest BCUT2D eigenvalue weighted by atomic mass is 16.7. The first-order valence-corrected chi connectivity index (χ1v) is 6.57. The molecule has 0 aromatic carbocycles. The van der Waals surface area contributed by atoms with Gasteiger partial charge in [-0.3, -0.25) is 4.98 Å². The maximum Gasteiger partial charge on any atom is 0.512 e. The van der Waals surface area contributed by atoms with Crippen molar-refractivity contribution in [2.24, 2.45) is 7.05 Å². The van der Waals surface area contributed by atoms with Gasteiger partial charge in [-0.05, 0) is 39.8 Å². The van der Waals surface area contributed by atoms with Gasteiger partial charge < -0.3 is 13.9 Å². The largest absolute Gasteiger partial charge is 0.512 e. The number of rotatable bonds is 1. The van der Waals surface area contributed by atoms with Gasteiger partial charge in [0.15, 0.2) is 0 Å². The van der Waals surface area contributed by atoms with Crippen molar-refractivity contribution in [1.82, 2.24) is 9.55 Å². The summed E-state index contributed by atoms with van der Waals surface area (Å²) in [4.78, 5) is 4.17. The summed E-state index contributed by atoms with van der Waals surface area (Å²) in [5.41, 5.74) is 1.49. The van der Waals surface area contributed by atoms with Gasteiger partial charge in [0.25, 0.3) is 0 Å². The molecule has 1 saturated heterocycles. The fourth-order valence-corrected chi connectivity index (χ4v) is 2.38. The predicted molar refractivity (Wildman–Crippen MR) is 76.4 cm³/mol. The fourth-order valence-electron chi connectivity index (χ4n) is 2.38.